The highest BCUT2D eigenvalue weighted by atomic mass is 35.5. The van der Waals surface area contributed by atoms with Crippen LogP contribution >= 0.6 is 11.6 Å². The second-order valence-electron chi connectivity index (χ2n) is 5.07. The SMILES string of the molecule is CN(Cc1ccccc1Cl)C(=O)C(N)CC1CC1. The van der Waals surface area contributed by atoms with Crippen LogP contribution in [-0.2, 0) is 11.3 Å². The third-order valence-corrected chi connectivity index (χ3v) is 3.71. The van der Waals surface area contributed by atoms with Gasteiger partial charge >= 0.3 is 0 Å². The maximum atomic E-state index is 12.1. The van der Waals surface area contributed by atoms with Crippen molar-refractivity contribution < 1.29 is 4.79 Å². The van der Waals surface area contributed by atoms with Gasteiger partial charge in [0, 0.05) is 18.6 Å². The van der Waals surface area contributed by atoms with Crippen LogP contribution in [0, 0.1) is 5.92 Å². The monoisotopic (exact) mass is 266 g/mol. The first kappa shape index (κ1) is 13.4. The molecule has 0 aliphatic heterocycles. The number of halogens is 1. The molecule has 0 saturated heterocycles. The van der Waals surface area contributed by atoms with Gasteiger partial charge in [-0.15, -0.1) is 0 Å². The van der Waals surface area contributed by atoms with Gasteiger partial charge in [-0.05, 0) is 24.0 Å². The highest BCUT2D eigenvalue weighted by Crippen LogP contribution is 2.33. The topological polar surface area (TPSA) is 46.3 Å². The van der Waals surface area contributed by atoms with Crippen LogP contribution in [0.3, 0.4) is 0 Å². The highest BCUT2D eigenvalue weighted by molar-refractivity contribution is 6.31. The van der Waals surface area contributed by atoms with Crippen molar-refractivity contribution in [1.29, 1.82) is 0 Å². The molecule has 1 aromatic rings. The molecule has 1 amide bonds. The first-order valence-corrected chi connectivity index (χ1v) is 6.69. The lowest BCUT2D eigenvalue weighted by molar-refractivity contribution is -0.132. The molecule has 1 fully saturated rings. The standard InChI is InChI=1S/C14H19ClN2O/c1-17(9-11-4-2-3-5-12(11)15)14(18)13(16)8-10-6-7-10/h2-5,10,13H,6-9,16H2,1H3. The van der Waals surface area contributed by atoms with E-state index in [0.29, 0.717) is 17.5 Å². The molecular weight excluding hydrogens is 248 g/mol. The summed E-state index contributed by atoms with van der Waals surface area (Å²) in [6, 6.07) is 7.19. The molecule has 1 aromatic carbocycles. The number of likely N-dealkylation sites (N-methyl/N-ethyl adjacent to an activating group) is 1. The molecule has 2 N–H and O–H groups in total. The number of carbonyl (C=O) groups excluding carboxylic acids is 1. The van der Waals surface area contributed by atoms with Crippen molar-refractivity contribution in [3.63, 3.8) is 0 Å². The number of hydrogen-bond donors (Lipinski definition) is 1. The summed E-state index contributed by atoms with van der Waals surface area (Å²) in [5.41, 5.74) is 6.88. The minimum Gasteiger partial charge on any atom is -0.340 e. The molecule has 1 saturated carbocycles. The lowest BCUT2D eigenvalue weighted by atomic mass is 10.1. The van der Waals surface area contributed by atoms with Crippen LogP contribution in [0.5, 0.6) is 0 Å². The second-order valence-corrected chi connectivity index (χ2v) is 5.48. The van der Waals surface area contributed by atoms with Gasteiger partial charge in [0.2, 0.25) is 5.91 Å². The molecule has 0 heterocycles. The largest absolute Gasteiger partial charge is 0.340 e. The van der Waals surface area contributed by atoms with Gasteiger partial charge in [-0.1, -0.05) is 42.6 Å². The predicted octanol–water partition coefficient (Wildman–Crippen LogP) is 2.43. The number of nitrogens with two attached hydrogens (primary N) is 1. The summed E-state index contributed by atoms with van der Waals surface area (Å²) in [7, 11) is 1.78. The van der Waals surface area contributed by atoms with Crippen molar-refractivity contribution in [2.45, 2.75) is 31.8 Å². The van der Waals surface area contributed by atoms with E-state index in [1.54, 1.807) is 11.9 Å². The van der Waals surface area contributed by atoms with Crippen LogP contribution in [0.25, 0.3) is 0 Å². The third-order valence-electron chi connectivity index (χ3n) is 3.34. The van der Waals surface area contributed by atoms with Gasteiger partial charge in [0.25, 0.3) is 0 Å². The minimum absolute atomic E-state index is 0.00168. The number of rotatable bonds is 5. The molecule has 1 unspecified atom stereocenters. The molecule has 4 heteroatoms. The highest BCUT2D eigenvalue weighted by Gasteiger charge is 2.28. The van der Waals surface area contributed by atoms with E-state index in [4.69, 9.17) is 17.3 Å². The van der Waals surface area contributed by atoms with E-state index in [1.165, 1.54) is 12.8 Å². The first-order chi connectivity index (χ1) is 8.58. The van der Waals surface area contributed by atoms with Gasteiger partial charge in [-0.2, -0.15) is 0 Å². The van der Waals surface area contributed by atoms with E-state index < -0.39 is 0 Å². The predicted molar refractivity (Wildman–Crippen MR) is 73.2 cm³/mol. The molecule has 2 rings (SSSR count). The molecule has 3 nitrogen and oxygen atoms in total. The molecule has 1 aliphatic rings. The van der Waals surface area contributed by atoms with E-state index in [1.807, 2.05) is 24.3 Å². The fraction of sp³-hybridized carbons (Fsp3) is 0.500. The Labute approximate surface area is 113 Å². The summed E-state index contributed by atoms with van der Waals surface area (Å²) < 4.78 is 0. The van der Waals surface area contributed by atoms with Crippen LogP contribution in [0.2, 0.25) is 5.02 Å². The van der Waals surface area contributed by atoms with Crippen molar-refractivity contribution in [1.82, 2.24) is 4.90 Å². The molecule has 0 radical (unpaired) electrons. The lowest BCUT2D eigenvalue weighted by Crippen LogP contribution is -2.41. The molecule has 1 aliphatic carbocycles. The Hall–Kier alpha value is -1.06. The molecule has 0 aromatic heterocycles. The van der Waals surface area contributed by atoms with E-state index in [0.717, 1.165) is 12.0 Å². The Morgan fingerprint density at radius 1 is 1.50 bits per heavy atom. The van der Waals surface area contributed by atoms with Crippen molar-refractivity contribution in [3.05, 3.63) is 34.9 Å². The number of nitrogens with zero attached hydrogens (tertiary/aromatic N) is 1. The van der Waals surface area contributed by atoms with E-state index in [9.17, 15) is 4.79 Å². The fourth-order valence-electron chi connectivity index (χ4n) is 2.06. The Bertz CT molecular complexity index is 432. The Balaban J connectivity index is 1.92. The maximum Gasteiger partial charge on any atom is 0.239 e. The molecule has 18 heavy (non-hydrogen) atoms. The average molecular weight is 267 g/mol. The summed E-state index contributed by atoms with van der Waals surface area (Å²) in [6.45, 7) is 0.511. The van der Waals surface area contributed by atoms with Crippen LogP contribution in [0.1, 0.15) is 24.8 Å². The molecule has 0 bridgehead atoms. The number of benzene rings is 1. The molecular formula is C14H19ClN2O. The zero-order valence-electron chi connectivity index (χ0n) is 10.6. The maximum absolute atomic E-state index is 12.1. The average Bonchev–Trinajstić information content (AvgIpc) is 3.15. The Morgan fingerprint density at radius 3 is 2.78 bits per heavy atom. The summed E-state index contributed by atoms with van der Waals surface area (Å²) >= 11 is 6.08. The van der Waals surface area contributed by atoms with Gasteiger partial charge in [0.05, 0.1) is 6.04 Å². The summed E-state index contributed by atoms with van der Waals surface area (Å²) in [5.74, 6) is 0.666. The fourth-order valence-corrected chi connectivity index (χ4v) is 2.25. The van der Waals surface area contributed by atoms with Gasteiger partial charge in [0.15, 0.2) is 0 Å². The van der Waals surface area contributed by atoms with Crippen LogP contribution in [0.4, 0.5) is 0 Å². The van der Waals surface area contributed by atoms with E-state index >= 15 is 0 Å². The minimum atomic E-state index is -0.370. The smallest absolute Gasteiger partial charge is 0.239 e. The van der Waals surface area contributed by atoms with Gasteiger partial charge in [-0.3, -0.25) is 4.79 Å². The molecule has 1 atom stereocenters. The van der Waals surface area contributed by atoms with Crippen LogP contribution in [0.15, 0.2) is 24.3 Å². The summed E-state index contributed by atoms with van der Waals surface area (Å²) in [4.78, 5) is 13.7. The van der Waals surface area contributed by atoms with E-state index in [-0.39, 0.29) is 11.9 Å². The van der Waals surface area contributed by atoms with Crippen LogP contribution < -0.4 is 5.73 Å². The Morgan fingerprint density at radius 2 is 2.17 bits per heavy atom. The zero-order chi connectivity index (χ0) is 13.1. The van der Waals surface area contributed by atoms with Crippen LogP contribution in [-0.4, -0.2) is 23.9 Å². The summed E-state index contributed by atoms with van der Waals surface area (Å²) in [5, 5.41) is 0.688. The third kappa shape index (κ3) is 3.47. The van der Waals surface area contributed by atoms with Gasteiger partial charge in [0.1, 0.15) is 0 Å². The van der Waals surface area contributed by atoms with Crippen molar-refractivity contribution in [2.24, 2.45) is 11.7 Å². The van der Waals surface area contributed by atoms with E-state index in [2.05, 4.69) is 0 Å². The quantitative estimate of drug-likeness (QED) is 0.890. The first-order valence-electron chi connectivity index (χ1n) is 6.32. The lowest BCUT2D eigenvalue weighted by Gasteiger charge is -2.21. The van der Waals surface area contributed by atoms with Crippen molar-refractivity contribution >= 4 is 17.5 Å². The number of amides is 1. The number of hydrogen-bond acceptors (Lipinski definition) is 2. The van der Waals surface area contributed by atoms with Gasteiger partial charge in [-0.25, -0.2) is 0 Å². The van der Waals surface area contributed by atoms with Crippen molar-refractivity contribution in [2.75, 3.05) is 7.05 Å². The van der Waals surface area contributed by atoms with Crippen molar-refractivity contribution in [3.8, 4) is 0 Å². The molecule has 98 valence electrons. The van der Waals surface area contributed by atoms with Gasteiger partial charge < -0.3 is 10.6 Å². The Kier molecular flexibility index (Phi) is 4.25. The normalized spacial score (nSPS) is 16.4. The summed E-state index contributed by atoms with van der Waals surface area (Å²) in [6.07, 6.45) is 3.25. The second kappa shape index (κ2) is 5.72. The molecule has 0 spiro atoms. The number of carbonyl (C=O) groups is 1. The zero-order valence-corrected chi connectivity index (χ0v) is 11.4.